The predicted octanol–water partition coefficient (Wildman–Crippen LogP) is 2.92. The van der Waals surface area contributed by atoms with Crippen LogP contribution in [0.2, 0.25) is 0 Å². The van der Waals surface area contributed by atoms with Crippen LogP contribution in [-0.4, -0.2) is 46.7 Å². The smallest absolute Gasteiger partial charge is 0.329 e. The highest BCUT2D eigenvalue weighted by Crippen LogP contribution is 2.50. The monoisotopic (exact) mass is 352 g/mol. The Kier molecular flexibility index (Phi) is 8.13. The number of carbonyl (C=O) groups is 1. The van der Waals surface area contributed by atoms with Crippen molar-refractivity contribution >= 4 is 5.97 Å². The number of aliphatic carboxylic acids is 1. The third-order valence-electron chi connectivity index (χ3n) is 5.49. The van der Waals surface area contributed by atoms with Crippen LogP contribution >= 0.6 is 0 Å². The number of aliphatic hydroxyl groups excluding tert-OH is 2. The van der Waals surface area contributed by atoms with E-state index < -0.39 is 12.1 Å². The van der Waals surface area contributed by atoms with Gasteiger partial charge in [0.05, 0.1) is 18.8 Å². The maximum absolute atomic E-state index is 10.4. The summed E-state index contributed by atoms with van der Waals surface area (Å²) >= 11 is 0. The maximum atomic E-state index is 10.4. The van der Waals surface area contributed by atoms with Crippen LogP contribution in [0.3, 0.4) is 0 Å². The Morgan fingerprint density at radius 2 is 2.16 bits per heavy atom. The standard InChI is InChI=1S/C20H32O5/c1-2-3-4-5-16(21)6-7-17-18-11-14(8-9-25-13-20(23)24)10-15(18)12-19(17)22/h6-8,15-19,21-22H,2-5,9-13H2,1H3,(H,23,24)/b7-6+,14-8+/t15-,16-,17+,18-,19+/m0/s1. The summed E-state index contributed by atoms with van der Waals surface area (Å²) in [6.45, 7) is 2.21. The molecule has 0 heterocycles. The van der Waals surface area contributed by atoms with Crippen molar-refractivity contribution in [2.45, 2.75) is 64.1 Å². The number of allylic oxidation sites excluding steroid dienone is 1. The highest BCUT2D eigenvalue weighted by molar-refractivity contribution is 5.68. The molecule has 0 aromatic rings. The molecule has 0 aromatic carbocycles. The van der Waals surface area contributed by atoms with Crippen LogP contribution in [0.25, 0.3) is 0 Å². The Balaban J connectivity index is 1.83. The third-order valence-corrected chi connectivity index (χ3v) is 5.49. The van der Waals surface area contributed by atoms with E-state index in [1.807, 2.05) is 18.2 Å². The number of ether oxygens (including phenoxy) is 1. The zero-order valence-corrected chi connectivity index (χ0v) is 15.1. The molecular formula is C20H32O5. The van der Waals surface area contributed by atoms with E-state index in [9.17, 15) is 15.0 Å². The first-order chi connectivity index (χ1) is 12.0. The zero-order valence-electron chi connectivity index (χ0n) is 15.1. The second-order valence-corrected chi connectivity index (χ2v) is 7.43. The fraction of sp³-hybridized carbons (Fsp3) is 0.750. The molecule has 2 aliphatic carbocycles. The Hall–Kier alpha value is -1.17. The summed E-state index contributed by atoms with van der Waals surface area (Å²) < 4.78 is 5.08. The van der Waals surface area contributed by atoms with Crippen molar-refractivity contribution in [3.05, 3.63) is 23.8 Å². The molecule has 2 fully saturated rings. The van der Waals surface area contributed by atoms with Crippen LogP contribution in [0.5, 0.6) is 0 Å². The largest absolute Gasteiger partial charge is 0.480 e. The summed E-state index contributed by atoms with van der Waals surface area (Å²) in [4.78, 5) is 10.4. The van der Waals surface area contributed by atoms with Crippen LogP contribution in [0, 0.1) is 17.8 Å². The summed E-state index contributed by atoms with van der Waals surface area (Å²) in [6, 6.07) is 0. The number of hydrogen-bond acceptors (Lipinski definition) is 4. The highest BCUT2D eigenvalue weighted by atomic mass is 16.5. The number of carboxylic acids is 1. The molecule has 0 aromatic heterocycles. The van der Waals surface area contributed by atoms with Gasteiger partial charge in [-0.2, -0.15) is 0 Å². The Morgan fingerprint density at radius 1 is 1.36 bits per heavy atom. The lowest BCUT2D eigenvalue weighted by Crippen LogP contribution is -2.17. The minimum atomic E-state index is -0.951. The first-order valence-electron chi connectivity index (χ1n) is 9.53. The molecule has 2 rings (SSSR count). The predicted molar refractivity (Wildman–Crippen MR) is 96.2 cm³/mol. The summed E-state index contributed by atoms with van der Waals surface area (Å²) in [7, 11) is 0. The molecule has 3 N–H and O–H groups in total. The van der Waals surface area contributed by atoms with Crippen LogP contribution in [0.4, 0.5) is 0 Å². The van der Waals surface area contributed by atoms with Gasteiger partial charge in [-0.3, -0.25) is 0 Å². The van der Waals surface area contributed by atoms with Gasteiger partial charge in [0, 0.05) is 5.92 Å². The summed E-state index contributed by atoms with van der Waals surface area (Å²) in [6.07, 6.45) is 11.9. The van der Waals surface area contributed by atoms with Gasteiger partial charge in [-0.1, -0.05) is 50.0 Å². The molecule has 0 unspecified atom stereocenters. The van der Waals surface area contributed by atoms with Crippen molar-refractivity contribution in [3.63, 3.8) is 0 Å². The fourth-order valence-electron chi connectivity index (χ4n) is 4.22. The topological polar surface area (TPSA) is 87.0 Å². The minimum absolute atomic E-state index is 0.108. The van der Waals surface area contributed by atoms with Crippen LogP contribution in [0.15, 0.2) is 23.8 Å². The van der Waals surface area contributed by atoms with E-state index in [-0.39, 0.29) is 18.6 Å². The summed E-state index contributed by atoms with van der Waals surface area (Å²) in [5.74, 6) is 0.0524. The first-order valence-corrected chi connectivity index (χ1v) is 9.53. The molecule has 2 aliphatic rings. The van der Waals surface area contributed by atoms with Crippen LogP contribution in [0.1, 0.15) is 51.9 Å². The second kappa shape index (κ2) is 10.1. The maximum Gasteiger partial charge on any atom is 0.329 e. The molecule has 0 amide bonds. The molecule has 0 aliphatic heterocycles. The van der Waals surface area contributed by atoms with E-state index in [4.69, 9.17) is 9.84 Å². The second-order valence-electron chi connectivity index (χ2n) is 7.43. The van der Waals surface area contributed by atoms with Crippen LogP contribution in [-0.2, 0) is 9.53 Å². The van der Waals surface area contributed by atoms with Gasteiger partial charge in [0.25, 0.3) is 0 Å². The quantitative estimate of drug-likeness (QED) is 0.416. The minimum Gasteiger partial charge on any atom is -0.480 e. The molecule has 0 spiro atoms. The van der Waals surface area contributed by atoms with E-state index in [2.05, 4.69) is 6.92 Å². The van der Waals surface area contributed by atoms with Gasteiger partial charge in [0.1, 0.15) is 6.61 Å². The Labute approximate surface area is 150 Å². The molecule has 0 bridgehead atoms. The molecule has 5 nitrogen and oxygen atoms in total. The fourth-order valence-corrected chi connectivity index (χ4v) is 4.22. The van der Waals surface area contributed by atoms with Gasteiger partial charge < -0.3 is 20.1 Å². The van der Waals surface area contributed by atoms with Crippen molar-refractivity contribution in [1.29, 1.82) is 0 Å². The summed E-state index contributed by atoms with van der Waals surface area (Å²) in [5, 5.41) is 29.0. The molecule has 25 heavy (non-hydrogen) atoms. The average Bonchev–Trinajstić information content (AvgIpc) is 3.06. The number of rotatable bonds is 10. The normalized spacial score (nSPS) is 31.7. The highest BCUT2D eigenvalue weighted by Gasteiger charge is 2.44. The summed E-state index contributed by atoms with van der Waals surface area (Å²) in [5.41, 5.74) is 1.30. The molecule has 2 saturated carbocycles. The lowest BCUT2D eigenvalue weighted by Gasteiger charge is -2.17. The molecule has 5 heteroatoms. The third kappa shape index (κ3) is 6.24. The van der Waals surface area contributed by atoms with Gasteiger partial charge in [0.15, 0.2) is 0 Å². The van der Waals surface area contributed by atoms with E-state index in [1.165, 1.54) is 5.57 Å². The lowest BCUT2D eigenvalue weighted by molar-refractivity contribution is -0.141. The number of fused-ring (bicyclic) bond motifs is 1. The molecule has 0 saturated heterocycles. The van der Waals surface area contributed by atoms with E-state index in [1.54, 1.807) is 0 Å². The SMILES string of the molecule is CCCCC[C@H](O)/C=C/[C@@H]1[C@H]2C/C(=C/COCC(=O)O)C[C@H]2C[C@H]1O. The number of unbranched alkanes of at least 4 members (excludes halogenated alkanes) is 2. The van der Waals surface area contributed by atoms with Gasteiger partial charge in [0.2, 0.25) is 0 Å². The number of aliphatic hydroxyl groups is 2. The van der Waals surface area contributed by atoms with Crippen molar-refractivity contribution < 1.29 is 24.9 Å². The van der Waals surface area contributed by atoms with Gasteiger partial charge in [-0.25, -0.2) is 4.79 Å². The van der Waals surface area contributed by atoms with Crippen LogP contribution < -0.4 is 0 Å². The van der Waals surface area contributed by atoms with Gasteiger partial charge in [-0.05, 0) is 37.5 Å². The van der Waals surface area contributed by atoms with Crippen molar-refractivity contribution in [2.75, 3.05) is 13.2 Å². The average molecular weight is 352 g/mol. The van der Waals surface area contributed by atoms with E-state index >= 15 is 0 Å². The molecule has 5 atom stereocenters. The van der Waals surface area contributed by atoms with Crippen molar-refractivity contribution in [1.82, 2.24) is 0 Å². The van der Waals surface area contributed by atoms with Crippen molar-refractivity contribution in [3.8, 4) is 0 Å². The number of carboxylic acid groups (broad SMARTS) is 1. The van der Waals surface area contributed by atoms with Gasteiger partial charge >= 0.3 is 5.97 Å². The Bertz CT molecular complexity index is 484. The molecule has 142 valence electrons. The van der Waals surface area contributed by atoms with E-state index in [0.717, 1.165) is 44.9 Å². The first kappa shape index (κ1) is 20.1. The van der Waals surface area contributed by atoms with E-state index in [0.29, 0.717) is 18.4 Å². The molecular weight excluding hydrogens is 320 g/mol. The zero-order chi connectivity index (χ0) is 18.2. The van der Waals surface area contributed by atoms with Gasteiger partial charge in [-0.15, -0.1) is 0 Å². The molecule has 0 radical (unpaired) electrons. The lowest BCUT2D eigenvalue weighted by atomic mass is 9.90. The number of hydrogen-bond donors (Lipinski definition) is 3. The van der Waals surface area contributed by atoms with Crippen molar-refractivity contribution in [2.24, 2.45) is 17.8 Å². The Morgan fingerprint density at radius 3 is 2.88 bits per heavy atom.